The summed E-state index contributed by atoms with van der Waals surface area (Å²) in [5.74, 6) is 8.57. The quantitative estimate of drug-likeness (QED) is 0.291. The van der Waals surface area contributed by atoms with Gasteiger partial charge in [0.15, 0.2) is 0 Å². The van der Waals surface area contributed by atoms with Crippen molar-refractivity contribution >= 4 is 5.69 Å². The van der Waals surface area contributed by atoms with E-state index in [1.807, 2.05) is 18.2 Å². The van der Waals surface area contributed by atoms with E-state index in [2.05, 4.69) is 78.0 Å². The third-order valence-corrected chi connectivity index (χ3v) is 9.09. The van der Waals surface area contributed by atoms with Gasteiger partial charge in [0, 0.05) is 29.7 Å². The zero-order valence-corrected chi connectivity index (χ0v) is 24.0. The summed E-state index contributed by atoms with van der Waals surface area (Å²) in [4.78, 5) is 6.92. The van der Waals surface area contributed by atoms with Gasteiger partial charge >= 0.3 is 0 Å². The third-order valence-electron chi connectivity index (χ3n) is 9.09. The topological polar surface area (TPSA) is 16.1 Å². The Balaban J connectivity index is 1.31. The van der Waals surface area contributed by atoms with Crippen LogP contribution >= 0.6 is 0 Å². The van der Waals surface area contributed by atoms with Crippen molar-refractivity contribution in [1.82, 2.24) is 4.98 Å². The molecule has 39 heavy (non-hydrogen) atoms. The number of nitrogens with zero attached hydrogens (tertiary/aromatic N) is 2. The van der Waals surface area contributed by atoms with Gasteiger partial charge in [-0.3, -0.25) is 0 Å². The van der Waals surface area contributed by atoms with Crippen LogP contribution < -0.4 is 4.90 Å². The third kappa shape index (κ3) is 7.02. The average molecular weight is 517 g/mol. The van der Waals surface area contributed by atoms with E-state index in [4.69, 9.17) is 6.58 Å². The monoisotopic (exact) mass is 516 g/mol. The molecular weight excluding hydrogens is 472 g/mol. The van der Waals surface area contributed by atoms with Crippen LogP contribution in [0.3, 0.4) is 0 Å². The second kappa shape index (κ2) is 13.2. The lowest BCUT2D eigenvalue weighted by Crippen LogP contribution is -2.33. The molecular formula is C37H44N2. The van der Waals surface area contributed by atoms with E-state index in [1.54, 1.807) is 11.8 Å². The Labute approximate surface area is 236 Å². The molecule has 1 aromatic heterocycles. The maximum Gasteiger partial charge on any atom is 0.113 e. The molecule has 2 heteroatoms. The fraction of sp³-hybridized carbons (Fsp3) is 0.432. The molecule has 1 heterocycles. The minimum Gasteiger partial charge on any atom is -0.345 e. The van der Waals surface area contributed by atoms with Gasteiger partial charge in [0.1, 0.15) is 5.69 Å². The SMILES string of the molecule is C=C(C1CCCCC1)N(CC1CCC(c2ccc(CC)c(C)c2)CC1)c1cccc(C#Cc2ccccn2)c1. The van der Waals surface area contributed by atoms with Crippen LogP contribution in [0.4, 0.5) is 5.69 Å². The molecule has 0 atom stereocenters. The van der Waals surface area contributed by atoms with Crippen molar-refractivity contribution in [2.45, 2.75) is 84.0 Å². The molecule has 5 rings (SSSR count). The molecule has 0 saturated heterocycles. The van der Waals surface area contributed by atoms with Crippen LogP contribution in [0, 0.1) is 30.6 Å². The van der Waals surface area contributed by atoms with Gasteiger partial charge in [-0.25, -0.2) is 4.98 Å². The lowest BCUT2D eigenvalue weighted by atomic mass is 9.77. The Morgan fingerprint density at radius 1 is 0.897 bits per heavy atom. The minimum atomic E-state index is 0.596. The van der Waals surface area contributed by atoms with Gasteiger partial charge in [0.05, 0.1) is 0 Å². The normalized spacial score (nSPS) is 19.6. The molecule has 2 fully saturated rings. The number of aryl methyl sites for hydroxylation is 2. The minimum absolute atomic E-state index is 0.596. The van der Waals surface area contributed by atoms with Gasteiger partial charge < -0.3 is 4.90 Å². The zero-order valence-electron chi connectivity index (χ0n) is 24.0. The largest absolute Gasteiger partial charge is 0.345 e. The predicted molar refractivity (Wildman–Crippen MR) is 165 cm³/mol. The molecule has 2 aliphatic carbocycles. The van der Waals surface area contributed by atoms with Crippen molar-refractivity contribution < 1.29 is 0 Å². The Hall–Kier alpha value is -3.31. The van der Waals surface area contributed by atoms with E-state index in [1.165, 1.54) is 80.3 Å². The standard InChI is InChI=1S/C37H44N2/c1-4-32-21-22-35(25-28(32)2)34-19-16-31(17-20-34)27-39(29(3)33-12-6-5-7-13-33)37-15-10-11-30(26-37)18-23-36-14-8-9-24-38-36/h8-11,14-15,21-22,24-26,31,33-34H,3-7,12-13,16-17,19-20,27H2,1-2H3. The highest BCUT2D eigenvalue weighted by atomic mass is 15.1. The summed E-state index contributed by atoms with van der Waals surface area (Å²) in [5.41, 5.74) is 8.89. The molecule has 202 valence electrons. The first-order valence-corrected chi connectivity index (χ1v) is 15.2. The first kappa shape index (κ1) is 27.3. The van der Waals surface area contributed by atoms with Crippen LogP contribution in [-0.4, -0.2) is 11.5 Å². The fourth-order valence-electron chi connectivity index (χ4n) is 6.68. The second-order valence-electron chi connectivity index (χ2n) is 11.7. The molecule has 3 aromatic rings. The Kier molecular flexibility index (Phi) is 9.20. The Morgan fingerprint density at radius 3 is 2.44 bits per heavy atom. The van der Waals surface area contributed by atoms with Crippen LogP contribution in [-0.2, 0) is 6.42 Å². The summed E-state index contributed by atoms with van der Waals surface area (Å²) < 4.78 is 0. The van der Waals surface area contributed by atoms with Gasteiger partial charge in [-0.15, -0.1) is 0 Å². The van der Waals surface area contributed by atoms with Crippen molar-refractivity contribution in [1.29, 1.82) is 0 Å². The molecule has 0 bridgehead atoms. The van der Waals surface area contributed by atoms with E-state index < -0.39 is 0 Å². The second-order valence-corrected chi connectivity index (χ2v) is 11.7. The summed E-state index contributed by atoms with van der Waals surface area (Å²) in [6, 6.07) is 21.9. The van der Waals surface area contributed by atoms with Crippen LogP contribution in [0.5, 0.6) is 0 Å². The fourth-order valence-corrected chi connectivity index (χ4v) is 6.68. The van der Waals surface area contributed by atoms with Gasteiger partial charge in [0.2, 0.25) is 0 Å². The molecule has 0 aliphatic heterocycles. The Bertz CT molecular complexity index is 1300. The zero-order chi connectivity index (χ0) is 27.0. The summed E-state index contributed by atoms with van der Waals surface area (Å²) in [6.07, 6.45) is 14.6. The van der Waals surface area contributed by atoms with Crippen molar-refractivity contribution in [2.24, 2.45) is 11.8 Å². The van der Waals surface area contributed by atoms with E-state index in [0.717, 1.165) is 24.2 Å². The Morgan fingerprint density at radius 2 is 1.72 bits per heavy atom. The van der Waals surface area contributed by atoms with Crippen molar-refractivity contribution in [2.75, 3.05) is 11.4 Å². The number of aromatic nitrogens is 1. The summed E-state index contributed by atoms with van der Waals surface area (Å²) >= 11 is 0. The van der Waals surface area contributed by atoms with Crippen molar-refractivity contribution in [3.63, 3.8) is 0 Å². The van der Waals surface area contributed by atoms with Crippen LogP contribution in [0.25, 0.3) is 0 Å². The lowest BCUT2D eigenvalue weighted by Gasteiger charge is -2.38. The molecule has 2 aromatic carbocycles. The van der Waals surface area contributed by atoms with E-state index in [9.17, 15) is 0 Å². The molecule has 0 amide bonds. The lowest BCUT2D eigenvalue weighted by molar-refractivity contribution is 0.323. The predicted octanol–water partition coefficient (Wildman–Crippen LogP) is 9.23. The maximum atomic E-state index is 4.71. The van der Waals surface area contributed by atoms with Crippen LogP contribution in [0.1, 0.15) is 98.6 Å². The van der Waals surface area contributed by atoms with E-state index in [-0.39, 0.29) is 0 Å². The van der Waals surface area contributed by atoms with Crippen LogP contribution in [0.15, 0.2) is 79.1 Å². The first-order valence-electron chi connectivity index (χ1n) is 15.2. The smallest absolute Gasteiger partial charge is 0.113 e. The number of benzene rings is 2. The average Bonchev–Trinajstić information content (AvgIpc) is 3.00. The van der Waals surface area contributed by atoms with Gasteiger partial charge in [-0.2, -0.15) is 0 Å². The van der Waals surface area contributed by atoms with E-state index in [0.29, 0.717) is 17.8 Å². The van der Waals surface area contributed by atoms with Crippen molar-refractivity contribution in [3.05, 3.63) is 107 Å². The summed E-state index contributed by atoms with van der Waals surface area (Å²) in [7, 11) is 0. The molecule has 0 spiro atoms. The molecule has 2 saturated carbocycles. The number of rotatable bonds is 7. The summed E-state index contributed by atoms with van der Waals surface area (Å²) in [5, 5.41) is 0. The van der Waals surface area contributed by atoms with Crippen LogP contribution in [0.2, 0.25) is 0 Å². The molecule has 2 aliphatic rings. The molecule has 2 nitrogen and oxygen atoms in total. The van der Waals surface area contributed by atoms with E-state index >= 15 is 0 Å². The van der Waals surface area contributed by atoms with Gasteiger partial charge in [-0.1, -0.05) is 69.0 Å². The highest BCUT2D eigenvalue weighted by Gasteiger charge is 2.28. The molecule has 0 N–H and O–H groups in total. The first-order chi connectivity index (χ1) is 19.1. The maximum absolute atomic E-state index is 4.71. The number of hydrogen-bond donors (Lipinski definition) is 0. The molecule has 0 radical (unpaired) electrons. The van der Waals surface area contributed by atoms with Gasteiger partial charge in [-0.05, 0) is 123 Å². The molecule has 0 unspecified atom stereocenters. The highest BCUT2D eigenvalue weighted by molar-refractivity contribution is 5.57. The number of anilines is 1. The number of hydrogen-bond acceptors (Lipinski definition) is 2. The number of pyridine rings is 1. The van der Waals surface area contributed by atoms with Gasteiger partial charge in [0.25, 0.3) is 0 Å². The van der Waals surface area contributed by atoms with Crippen molar-refractivity contribution in [3.8, 4) is 11.8 Å². The highest BCUT2D eigenvalue weighted by Crippen LogP contribution is 2.39. The number of allylic oxidation sites excluding steroid dienone is 1. The summed E-state index contributed by atoms with van der Waals surface area (Å²) in [6.45, 7) is 10.3.